The summed E-state index contributed by atoms with van der Waals surface area (Å²) in [6, 6.07) is 1.91. The zero-order valence-corrected chi connectivity index (χ0v) is 13.3. The summed E-state index contributed by atoms with van der Waals surface area (Å²) in [5.41, 5.74) is 1.01. The van der Waals surface area contributed by atoms with Crippen molar-refractivity contribution in [1.29, 1.82) is 0 Å². The average Bonchev–Trinajstić information content (AvgIpc) is 3.02. The Hall–Kier alpha value is -2.22. The van der Waals surface area contributed by atoms with Crippen LogP contribution in [0.25, 0.3) is 0 Å². The fourth-order valence-electron chi connectivity index (χ4n) is 3.20. The number of rotatable bonds is 5. The second-order valence-electron chi connectivity index (χ2n) is 6.34. The van der Waals surface area contributed by atoms with Crippen molar-refractivity contribution in [2.45, 2.75) is 43.8 Å². The topological polar surface area (TPSA) is 89.1 Å². The molecular weight excluding hydrogens is 296 g/mol. The fourth-order valence-corrected chi connectivity index (χ4v) is 3.20. The summed E-state index contributed by atoms with van der Waals surface area (Å²) >= 11 is 0. The molecular formula is C15H20N6O2. The van der Waals surface area contributed by atoms with Gasteiger partial charge in [0.2, 0.25) is 11.8 Å². The zero-order chi connectivity index (χ0) is 16.0. The Morgan fingerprint density at radius 1 is 1.39 bits per heavy atom. The first-order valence-electron chi connectivity index (χ1n) is 7.93. The van der Waals surface area contributed by atoms with Crippen molar-refractivity contribution < 1.29 is 9.32 Å². The summed E-state index contributed by atoms with van der Waals surface area (Å²) in [6.07, 6.45) is 4.51. The normalized spacial score (nSPS) is 24.6. The predicted molar refractivity (Wildman–Crippen MR) is 80.2 cm³/mol. The van der Waals surface area contributed by atoms with Gasteiger partial charge in [0.05, 0.1) is 18.3 Å². The quantitative estimate of drug-likeness (QED) is 0.875. The first-order valence-corrected chi connectivity index (χ1v) is 7.93. The molecule has 122 valence electrons. The molecule has 2 aromatic rings. The molecule has 1 aliphatic carbocycles. The molecule has 1 N–H and O–H groups in total. The number of aromatic nitrogens is 4. The molecule has 1 amide bonds. The number of hydrogen-bond acceptors (Lipinski definition) is 6. The maximum Gasteiger partial charge on any atom is 0.240 e. The van der Waals surface area contributed by atoms with E-state index in [2.05, 4.69) is 20.6 Å². The van der Waals surface area contributed by atoms with E-state index in [1.807, 2.05) is 24.8 Å². The van der Waals surface area contributed by atoms with E-state index in [1.165, 1.54) is 0 Å². The Balaban J connectivity index is 1.47. The minimum Gasteiger partial charge on any atom is -0.338 e. The van der Waals surface area contributed by atoms with Gasteiger partial charge in [0.1, 0.15) is 0 Å². The summed E-state index contributed by atoms with van der Waals surface area (Å²) < 4.78 is 7.10. The largest absolute Gasteiger partial charge is 0.338 e. The number of hydrogen-bond donors (Lipinski definition) is 1. The molecule has 0 aromatic carbocycles. The highest BCUT2D eigenvalue weighted by Gasteiger charge is 2.40. The monoisotopic (exact) mass is 316 g/mol. The van der Waals surface area contributed by atoms with Crippen molar-refractivity contribution >= 4 is 5.91 Å². The van der Waals surface area contributed by atoms with E-state index in [9.17, 15) is 4.79 Å². The standard InChI is InChI=1S/C15H20N6O2/c1-20-13(22)7-10(14(20)11-5-6-17-21(11)2)16-8-12-18-15(19-23-12)9-3-4-9/h5-6,9-10,14,16H,3-4,7-8H2,1-2H3/t10-,14-/m1/s1. The second kappa shape index (κ2) is 5.45. The molecule has 1 saturated heterocycles. The van der Waals surface area contributed by atoms with Crippen LogP contribution < -0.4 is 5.32 Å². The van der Waals surface area contributed by atoms with E-state index in [-0.39, 0.29) is 18.0 Å². The Kier molecular flexibility index (Phi) is 3.41. The maximum atomic E-state index is 12.1. The number of nitrogens with one attached hydrogen (secondary N) is 1. The molecule has 2 aliphatic rings. The van der Waals surface area contributed by atoms with E-state index < -0.39 is 0 Å². The molecule has 1 saturated carbocycles. The lowest BCUT2D eigenvalue weighted by atomic mass is 10.1. The third kappa shape index (κ3) is 2.63. The van der Waals surface area contributed by atoms with Crippen molar-refractivity contribution in [3.05, 3.63) is 29.7 Å². The molecule has 8 heteroatoms. The molecule has 3 heterocycles. The van der Waals surface area contributed by atoms with Crippen LogP contribution in [0.3, 0.4) is 0 Å². The number of likely N-dealkylation sites (tertiary alicyclic amines) is 1. The van der Waals surface area contributed by atoms with Crippen LogP contribution in [0.4, 0.5) is 0 Å². The van der Waals surface area contributed by atoms with Crippen LogP contribution in [0, 0.1) is 0 Å². The van der Waals surface area contributed by atoms with Gasteiger partial charge in [0.25, 0.3) is 0 Å². The van der Waals surface area contributed by atoms with Gasteiger partial charge in [-0.15, -0.1) is 0 Å². The fraction of sp³-hybridized carbons (Fsp3) is 0.600. The Bertz CT molecular complexity index is 719. The van der Waals surface area contributed by atoms with Gasteiger partial charge in [-0.05, 0) is 18.9 Å². The van der Waals surface area contributed by atoms with Crippen LogP contribution in [-0.4, -0.2) is 43.8 Å². The molecule has 2 aromatic heterocycles. The van der Waals surface area contributed by atoms with Gasteiger partial charge in [0.15, 0.2) is 5.82 Å². The van der Waals surface area contributed by atoms with E-state index in [0.717, 1.165) is 24.4 Å². The van der Waals surface area contributed by atoms with Gasteiger partial charge in [0, 0.05) is 38.7 Å². The SMILES string of the molecule is CN1C(=O)C[C@@H](NCc2nc(C3CC3)no2)[C@@H]1c1ccnn1C. The lowest BCUT2D eigenvalue weighted by molar-refractivity contribution is -0.127. The Labute approximate surface area is 133 Å². The van der Waals surface area contributed by atoms with Crippen LogP contribution in [0.15, 0.2) is 16.8 Å². The molecule has 23 heavy (non-hydrogen) atoms. The molecule has 2 fully saturated rings. The van der Waals surface area contributed by atoms with Gasteiger partial charge in [-0.2, -0.15) is 10.1 Å². The average molecular weight is 316 g/mol. The Morgan fingerprint density at radius 3 is 2.91 bits per heavy atom. The van der Waals surface area contributed by atoms with Crippen LogP contribution in [0.2, 0.25) is 0 Å². The van der Waals surface area contributed by atoms with Crippen LogP contribution in [-0.2, 0) is 18.4 Å². The predicted octanol–water partition coefficient (Wildman–Crippen LogP) is 0.742. The third-order valence-corrected chi connectivity index (χ3v) is 4.69. The van der Waals surface area contributed by atoms with Gasteiger partial charge < -0.3 is 14.7 Å². The summed E-state index contributed by atoms with van der Waals surface area (Å²) in [6.45, 7) is 0.472. The summed E-state index contributed by atoms with van der Waals surface area (Å²) in [5.74, 6) is 1.99. The second-order valence-corrected chi connectivity index (χ2v) is 6.34. The molecule has 0 unspecified atom stereocenters. The van der Waals surface area contributed by atoms with Crippen LogP contribution in [0.5, 0.6) is 0 Å². The van der Waals surface area contributed by atoms with Crippen molar-refractivity contribution in [3.63, 3.8) is 0 Å². The minimum atomic E-state index is -0.0409. The number of nitrogens with zero attached hydrogens (tertiary/aromatic N) is 5. The van der Waals surface area contributed by atoms with Crippen molar-refractivity contribution in [1.82, 2.24) is 30.1 Å². The summed E-state index contributed by atoms with van der Waals surface area (Å²) in [7, 11) is 3.72. The Morgan fingerprint density at radius 2 is 2.22 bits per heavy atom. The summed E-state index contributed by atoms with van der Waals surface area (Å²) in [5, 5.41) is 11.6. The van der Waals surface area contributed by atoms with Crippen LogP contribution >= 0.6 is 0 Å². The van der Waals surface area contributed by atoms with Crippen molar-refractivity contribution in [2.24, 2.45) is 7.05 Å². The molecule has 0 bridgehead atoms. The lowest BCUT2D eigenvalue weighted by Crippen LogP contribution is -2.36. The van der Waals surface area contributed by atoms with Gasteiger partial charge in [-0.1, -0.05) is 5.16 Å². The molecule has 4 rings (SSSR count). The number of amides is 1. The van der Waals surface area contributed by atoms with E-state index in [1.54, 1.807) is 11.1 Å². The minimum absolute atomic E-state index is 0.000764. The first-order chi connectivity index (χ1) is 11.1. The molecule has 8 nitrogen and oxygen atoms in total. The highest BCUT2D eigenvalue weighted by Crippen LogP contribution is 2.38. The van der Waals surface area contributed by atoms with Gasteiger partial charge in [-0.3, -0.25) is 9.48 Å². The number of carbonyl (C=O) groups excluding carboxylic acids is 1. The number of aryl methyl sites for hydroxylation is 1. The molecule has 0 spiro atoms. The van der Waals surface area contributed by atoms with E-state index in [4.69, 9.17) is 4.52 Å². The number of carbonyl (C=O) groups is 1. The first kappa shape index (κ1) is 14.4. The van der Waals surface area contributed by atoms with E-state index in [0.29, 0.717) is 24.8 Å². The van der Waals surface area contributed by atoms with Crippen LogP contribution in [0.1, 0.15) is 48.6 Å². The molecule has 1 aliphatic heterocycles. The molecule has 0 radical (unpaired) electrons. The third-order valence-electron chi connectivity index (χ3n) is 4.69. The van der Waals surface area contributed by atoms with E-state index >= 15 is 0 Å². The smallest absolute Gasteiger partial charge is 0.240 e. The van der Waals surface area contributed by atoms with Crippen molar-refractivity contribution in [3.8, 4) is 0 Å². The maximum absolute atomic E-state index is 12.1. The molecule has 2 atom stereocenters. The lowest BCUT2D eigenvalue weighted by Gasteiger charge is -2.25. The zero-order valence-electron chi connectivity index (χ0n) is 13.3. The van der Waals surface area contributed by atoms with Gasteiger partial charge in [-0.25, -0.2) is 0 Å². The number of likely N-dealkylation sites (N-methyl/N-ethyl adjacent to an activating group) is 1. The highest BCUT2D eigenvalue weighted by molar-refractivity contribution is 5.80. The summed E-state index contributed by atoms with van der Waals surface area (Å²) in [4.78, 5) is 18.3. The van der Waals surface area contributed by atoms with Gasteiger partial charge >= 0.3 is 0 Å². The highest BCUT2D eigenvalue weighted by atomic mass is 16.5. The van der Waals surface area contributed by atoms with Crippen molar-refractivity contribution in [2.75, 3.05) is 7.05 Å².